The van der Waals surface area contributed by atoms with Gasteiger partial charge in [-0.3, -0.25) is 4.79 Å². The number of carbonyl (C=O) groups is 2. The molecule has 144 valence electrons. The number of ketones is 1. The zero-order valence-electron chi connectivity index (χ0n) is 15.2. The minimum atomic E-state index is -0.727. The summed E-state index contributed by atoms with van der Waals surface area (Å²) in [5.41, 5.74) is 1.61. The van der Waals surface area contributed by atoms with E-state index in [1.54, 1.807) is 6.92 Å². The number of hydrogen-bond acceptors (Lipinski definition) is 4. The van der Waals surface area contributed by atoms with Crippen LogP contribution in [0, 0.1) is 18.6 Å². The second kappa shape index (κ2) is 7.31. The van der Waals surface area contributed by atoms with Gasteiger partial charge in [0.2, 0.25) is 5.78 Å². The number of fused-ring (bicyclic) bond motifs is 1. The van der Waals surface area contributed by atoms with Crippen LogP contribution in [0.15, 0.2) is 66.4 Å². The van der Waals surface area contributed by atoms with Crippen molar-refractivity contribution in [1.82, 2.24) is 0 Å². The topological polar surface area (TPSA) is 52.6 Å². The fourth-order valence-corrected chi connectivity index (χ4v) is 3.03. The van der Waals surface area contributed by atoms with E-state index in [4.69, 9.17) is 9.47 Å². The Morgan fingerprint density at radius 2 is 1.76 bits per heavy atom. The van der Waals surface area contributed by atoms with E-state index in [1.807, 2.05) is 0 Å². The lowest BCUT2D eigenvalue weighted by atomic mass is 10.0. The molecule has 0 fully saturated rings. The Kier molecular flexibility index (Phi) is 4.68. The zero-order chi connectivity index (χ0) is 20.5. The number of carbonyl (C=O) groups excluding carboxylic acids is 2. The Hall–Kier alpha value is -3.80. The molecule has 0 N–H and O–H groups in total. The van der Waals surface area contributed by atoms with Gasteiger partial charge in [-0.15, -0.1) is 0 Å². The molecule has 0 spiro atoms. The molecule has 0 bridgehead atoms. The van der Waals surface area contributed by atoms with Crippen LogP contribution >= 0.6 is 0 Å². The van der Waals surface area contributed by atoms with E-state index in [0.717, 1.165) is 6.07 Å². The normalized spacial score (nSPS) is 13.9. The van der Waals surface area contributed by atoms with Crippen molar-refractivity contribution in [3.05, 3.63) is 100 Å². The van der Waals surface area contributed by atoms with Crippen LogP contribution in [0.25, 0.3) is 6.08 Å². The molecule has 1 heterocycles. The third-order valence-electron chi connectivity index (χ3n) is 4.38. The number of halogens is 2. The van der Waals surface area contributed by atoms with Gasteiger partial charge in [-0.25, -0.2) is 13.6 Å². The molecule has 0 aromatic heterocycles. The van der Waals surface area contributed by atoms with Crippen molar-refractivity contribution in [2.75, 3.05) is 0 Å². The summed E-state index contributed by atoms with van der Waals surface area (Å²) >= 11 is 0. The van der Waals surface area contributed by atoms with Crippen LogP contribution in [0.4, 0.5) is 8.78 Å². The molecule has 3 aromatic carbocycles. The first-order valence-corrected chi connectivity index (χ1v) is 8.73. The van der Waals surface area contributed by atoms with Crippen LogP contribution in [0.3, 0.4) is 0 Å². The Balaban J connectivity index is 1.60. The Labute approximate surface area is 165 Å². The number of Topliss-reactive ketones (excluding diaryl/α,β-unsaturated/α-hetero) is 1. The van der Waals surface area contributed by atoms with E-state index in [0.29, 0.717) is 16.7 Å². The second-order valence-corrected chi connectivity index (χ2v) is 6.50. The molecular weight excluding hydrogens is 378 g/mol. The molecule has 0 amide bonds. The van der Waals surface area contributed by atoms with E-state index < -0.39 is 11.8 Å². The predicted molar refractivity (Wildman–Crippen MR) is 102 cm³/mol. The smallest absolute Gasteiger partial charge is 0.343 e. The lowest BCUT2D eigenvalue weighted by Gasteiger charge is -2.08. The number of hydrogen-bond donors (Lipinski definition) is 0. The van der Waals surface area contributed by atoms with Crippen LogP contribution in [0.5, 0.6) is 11.5 Å². The molecule has 1 aliphatic rings. The summed E-state index contributed by atoms with van der Waals surface area (Å²) in [5, 5.41) is 0. The van der Waals surface area contributed by atoms with E-state index in [1.165, 1.54) is 60.7 Å². The average Bonchev–Trinajstić information content (AvgIpc) is 2.99. The minimum Gasteiger partial charge on any atom is -0.452 e. The summed E-state index contributed by atoms with van der Waals surface area (Å²) in [6.45, 7) is 1.69. The van der Waals surface area contributed by atoms with Crippen LogP contribution in [0.2, 0.25) is 0 Å². The largest absolute Gasteiger partial charge is 0.452 e. The highest BCUT2D eigenvalue weighted by atomic mass is 19.1. The highest BCUT2D eigenvalue weighted by Gasteiger charge is 2.30. The Morgan fingerprint density at radius 3 is 2.48 bits per heavy atom. The van der Waals surface area contributed by atoms with Crippen molar-refractivity contribution in [2.24, 2.45) is 0 Å². The number of ether oxygens (including phenoxy) is 2. The Bertz CT molecular complexity index is 1160. The fraction of sp³-hybridized carbons (Fsp3) is 0.0435. The van der Waals surface area contributed by atoms with Crippen LogP contribution in [-0.2, 0) is 0 Å². The highest BCUT2D eigenvalue weighted by Crippen LogP contribution is 2.37. The molecule has 29 heavy (non-hydrogen) atoms. The van der Waals surface area contributed by atoms with Gasteiger partial charge in [0.1, 0.15) is 23.1 Å². The summed E-state index contributed by atoms with van der Waals surface area (Å²) in [7, 11) is 0. The van der Waals surface area contributed by atoms with Gasteiger partial charge in [0.15, 0.2) is 5.76 Å². The van der Waals surface area contributed by atoms with Gasteiger partial charge in [0.05, 0.1) is 11.1 Å². The van der Waals surface area contributed by atoms with E-state index in [2.05, 4.69) is 0 Å². The van der Waals surface area contributed by atoms with Crippen LogP contribution in [-0.4, -0.2) is 11.8 Å². The van der Waals surface area contributed by atoms with Gasteiger partial charge in [-0.05, 0) is 60.5 Å². The molecule has 4 nitrogen and oxygen atoms in total. The van der Waals surface area contributed by atoms with Crippen molar-refractivity contribution in [3.63, 3.8) is 0 Å². The van der Waals surface area contributed by atoms with E-state index >= 15 is 0 Å². The average molecular weight is 392 g/mol. The van der Waals surface area contributed by atoms with Crippen molar-refractivity contribution < 1.29 is 27.8 Å². The van der Waals surface area contributed by atoms with Gasteiger partial charge in [-0.1, -0.05) is 18.2 Å². The molecule has 0 saturated heterocycles. The van der Waals surface area contributed by atoms with Crippen LogP contribution < -0.4 is 9.47 Å². The summed E-state index contributed by atoms with van der Waals surface area (Å²) < 4.78 is 37.3. The van der Waals surface area contributed by atoms with Crippen molar-refractivity contribution >= 4 is 17.8 Å². The Morgan fingerprint density at radius 1 is 1.00 bits per heavy atom. The van der Waals surface area contributed by atoms with Gasteiger partial charge >= 0.3 is 5.97 Å². The summed E-state index contributed by atoms with van der Waals surface area (Å²) in [6, 6.07) is 13.8. The van der Waals surface area contributed by atoms with E-state index in [-0.39, 0.29) is 34.4 Å². The predicted octanol–water partition coefficient (Wildman–Crippen LogP) is 5.11. The molecule has 0 saturated carbocycles. The standard InChI is InChI=1S/C23H14F2O4/c1-13-9-18(28-23(27)15-3-2-4-17(25)11-15)12-19-21(13)22(26)20(29-19)10-14-5-7-16(24)8-6-14/h2-12H,1H3/b20-10-. The first-order valence-electron chi connectivity index (χ1n) is 8.73. The maximum Gasteiger partial charge on any atom is 0.343 e. The molecule has 3 aromatic rings. The second-order valence-electron chi connectivity index (χ2n) is 6.50. The lowest BCUT2D eigenvalue weighted by Crippen LogP contribution is -2.09. The first-order chi connectivity index (χ1) is 13.9. The third-order valence-corrected chi connectivity index (χ3v) is 4.38. The van der Waals surface area contributed by atoms with Crippen molar-refractivity contribution in [1.29, 1.82) is 0 Å². The lowest BCUT2D eigenvalue weighted by molar-refractivity contribution is 0.0734. The van der Waals surface area contributed by atoms with Crippen LogP contribution in [0.1, 0.15) is 31.8 Å². The SMILES string of the molecule is Cc1cc(OC(=O)c2cccc(F)c2)cc2c1C(=O)/C(=C/c1ccc(F)cc1)O2. The molecule has 6 heteroatoms. The quantitative estimate of drug-likeness (QED) is 0.353. The molecule has 0 radical (unpaired) electrons. The third kappa shape index (κ3) is 3.78. The molecular formula is C23H14F2O4. The molecule has 1 aliphatic heterocycles. The van der Waals surface area contributed by atoms with Gasteiger partial charge in [-0.2, -0.15) is 0 Å². The monoisotopic (exact) mass is 392 g/mol. The minimum absolute atomic E-state index is 0.0667. The number of aryl methyl sites for hydroxylation is 1. The van der Waals surface area contributed by atoms with Crippen molar-refractivity contribution in [2.45, 2.75) is 6.92 Å². The van der Waals surface area contributed by atoms with E-state index in [9.17, 15) is 18.4 Å². The summed E-state index contributed by atoms with van der Waals surface area (Å²) in [5.74, 6) is -1.45. The number of allylic oxidation sites excluding steroid dienone is 1. The molecule has 0 atom stereocenters. The highest BCUT2D eigenvalue weighted by molar-refractivity contribution is 6.15. The van der Waals surface area contributed by atoms with Gasteiger partial charge < -0.3 is 9.47 Å². The zero-order valence-corrected chi connectivity index (χ0v) is 15.2. The van der Waals surface area contributed by atoms with Crippen molar-refractivity contribution in [3.8, 4) is 11.5 Å². The van der Waals surface area contributed by atoms with Gasteiger partial charge in [0, 0.05) is 6.07 Å². The molecule has 4 rings (SSSR count). The maximum absolute atomic E-state index is 13.3. The maximum atomic E-state index is 13.3. The molecule has 0 unspecified atom stereocenters. The summed E-state index contributed by atoms with van der Waals surface area (Å²) in [6.07, 6.45) is 1.51. The van der Waals surface area contributed by atoms with Gasteiger partial charge in [0.25, 0.3) is 0 Å². The molecule has 0 aliphatic carbocycles. The fourth-order valence-electron chi connectivity index (χ4n) is 3.03. The first kappa shape index (κ1) is 18.6. The summed E-state index contributed by atoms with van der Waals surface area (Å²) in [4.78, 5) is 24.9. The number of rotatable bonds is 3. The number of esters is 1. The number of benzene rings is 3.